The van der Waals surface area contributed by atoms with Crippen LogP contribution in [0.1, 0.15) is 5.56 Å². The van der Waals surface area contributed by atoms with Gasteiger partial charge in [-0.1, -0.05) is 48.5 Å². The lowest BCUT2D eigenvalue weighted by Gasteiger charge is -2.03. The van der Waals surface area contributed by atoms with Gasteiger partial charge in [-0.3, -0.25) is 4.18 Å². The lowest BCUT2D eigenvalue weighted by molar-refractivity contribution is 0.337. The fourth-order valence-corrected chi connectivity index (χ4v) is 2.05. The second-order valence-corrected chi connectivity index (χ2v) is 4.47. The van der Waals surface area contributed by atoms with Gasteiger partial charge in [-0.25, -0.2) is 4.21 Å². The number of hydrogen-bond donors (Lipinski definition) is 0. The molecule has 0 spiro atoms. The summed E-state index contributed by atoms with van der Waals surface area (Å²) in [5.74, 6) is 0. The first-order chi connectivity index (χ1) is 7.86. The van der Waals surface area contributed by atoms with Crippen LogP contribution >= 0.6 is 0 Å². The van der Waals surface area contributed by atoms with Crippen LogP contribution in [0.5, 0.6) is 0 Å². The smallest absolute Gasteiger partial charge is 0.189 e. The van der Waals surface area contributed by atoms with E-state index in [1.165, 1.54) is 0 Å². The van der Waals surface area contributed by atoms with Crippen LogP contribution < -0.4 is 0 Å². The van der Waals surface area contributed by atoms with Gasteiger partial charge in [0.15, 0.2) is 11.1 Å². The van der Waals surface area contributed by atoms with Gasteiger partial charge in [0.1, 0.15) is 0 Å². The summed E-state index contributed by atoms with van der Waals surface area (Å²) in [6, 6.07) is 18.9. The molecule has 0 aliphatic carbocycles. The fraction of sp³-hybridized carbons (Fsp3) is 0.0769. The maximum Gasteiger partial charge on any atom is 0.189 e. The van der Waals surface area contributed by atoms with Gasteiger partial charge in [0.05, 0.1) is 11.5 Å². The highest BCUT2D eigenvalue weighted by Crippen LogP contribution is 2.09. The molecule has 0 saturated heterocycles. The van der Waals surface area contributed by atoms with Gasteiger partial charge in [-0.05, 0) is 17.7 Å². The monoisotopic (exact) mass is 232 g/mol. The molecule has 0 aliphatic heterocycles. The maximum absolute atomic E-state index is 11.7. The highest BCUT2D eigenvalue weighted by Gasteiger charge is 2.03. The first kappa shape index (κ1) is 11.0. The van der Waals surface area contributed by atoms with Crippen LogP contribution in [0.4, 0.5) is 0 Å². The minimum atomic E-state index is -1.38. The van der Waals surface area contributed by atoms with Crippen LogP contribution in [-0.4, -0.2) is 4.21 Å². The third kappa shape index (κ3) is 3.02. The van der Waals surface area contributed by atoms with Crippen molar-refractivity contribution in [1.82, 2.24) is 0 Å². The van der Waals surface area contributed by atoms with Crippen molar-refractivity contribution in [3.05, 3.63) is 66.2 Å². The zero-order valence-corrected chi connectivity index (χ0v) is 9.52. The van der Waals surface area contributed by atoms with Crippen molar-refractivity contribution in [2.75, 3.05) is 0 Å². The molecule has 0 fully saturated rings. The van der Waals surface area contributed by atoms with Crippen LogP contribution in [0.2, 0.25) is 0 Å². The minimum Gasteiger partial charge on any atom is -0.282 e. The molecule has 3 heteroatoms. The van der Waals surface area contributed by atoms with Gasteiger partial charge in [-0.15, -0.1) is 0 Å². The standard InChI is InChI=1S/C13H12O2S/c14-16(13-9-5-2-6-10-13)15-11-12-7-3-1-4-8-12/h1-10H,11H2. The van der Waals surface area contributed by atoms with Crippen LogP contribution in [0.15, 0.2) is 65.6 Å². The molecular formula is C13H12O2S. The summed E-state index contributed by atoms with van der Waals surface area (Å²) in [4.78, 5) is 0.693. The molecule has 82 valence electrons. The third-order valence-electron chi connectivity index (χ3n) is 2.11. The lowest BCUT2D eigenvalue weighted by atomic mass is 10.2. The van der Waals surface area contributed by atoms with E-state index in [0.29, 0.717) is 11.5 Å². The van der Waals surface area contributed by atoms with Gasteiger partial charge < -0.3 is 0 Å². The zero-order valence-electron chi connectivity index (χ0n) is 8.71. The van der Waals surface area contributed by atoms with E-state index >= 15 is 0 Å². The maximum atomic E-state index is 11.7. The molecule has 2 rings (SSSR count). The summed E-state index contributed by atoms with van der Waals surface area (Å²) in [6.07, 6.45) is 0. The van der Waals surface area contributed by atoms with E-state index in [2.05, 4.69) is 0 Å². The predicted molar refractivity (Wildman–Crippen MR) is 64.1 cm³/mol. The van der Waals surface area contributed by atoms with Crippen molar-refractivity contribution in [3.63, 3.8) is 0 Å². The Balaban J connectivity index is 1.95. The van der Waals surface area contributed by atoms with Crippen molar-refractivity contribution < 1.29 is 8.39 Å². The molecule has 0 amide bonds. The van der Waals surface area contributed by atoms with Crippen LogP contribution in [0, 0.1) is 0 Å². The first-order valence-corrected chi connectivity index (χ1v) is 6.08. The number of hydrogen-bond acceptors (Lipinski definition) is 2. The minimum absolute atomic E-state index is 0.363. The molecule has 0 radical (unpaired) electrons. The fourth-order valence-electron chi connectivity index (χ4n) is 1.30. The number of benzene rings is 2. The summed E-state index contributed by atoms with van der Waals surface area (Å²) in [5.41, 5.74) is 1.02. The van der Waals surface area contributed by atoms with Crippen molar-refractivity contribution in [2.45, 2.75) is 11.5 Å². The van der Waals surface area contributed by atoms with E-state index in [9.17, 15) is 4.21 Å². The van der Waals surface area contributed by atoms with E-state index in [1.54, 1.807) is 12.1 Å². The predicted octanol–water partition coefficient (Wildman–Crippen LogP) is 2.93. The summed E-state index contributed by atoms with van der Waals surface area (Å²) < 4.78 is 17.0. The van der Waals surface area contributed by atoms with Crippen molar-refractivity contribution in [1.29, 1.82) is 0 Å². The summed E-state index contributed by atoms with van der Waals surface area (Å²) in [6.45, 7) is 0.363. The molecule has 0 aliphatic rings. The quantitative estimate of drug-likeness (QED) is 0.810. The van der Waals surface area contributed by atoms with E-state index < -0.39 is 11.1 Å². The highest BCUT2D eigenvalue weighted by atomic mass is 32.2. The van der Waals surface area contributed by atoms with Gasteiger partial charge in [0, 0.05) is 0 Å². The molecule has 0 heterocycles. The van der Waals surface area contributed by atoms with Crippen molar-refractivity contribution >= 4 is 11.1 Å². The Morgan fingerprint density at radius 3 is 2.06 bits per heavy atom. The molecule has 2 nitrogen and oxygen atoms in total. The Kier molecular flexibility index (Phi) is 3.86. The molecule has 0 bridgehead atoms. The molecule has 16 heavy (non-hydrogen) atoms. The average molecular weight is 232 g/mol. The van der Waals surface area contributed by atoms with E-state index in [4.69, 9.17) is 4.18 Å². The van der Waals surface area contributed by atoms with E-state index in [0.717, 1.165) is 5.56 Å². The molecule has 2 aromatic rings. The zero-order chi connectivity index (χ0) is 11.2. The first-order valence-electron chi connectivity index (χ1n) is 5.00. The Bertz CT molecular complexity index is 454. The van der Waals surface area contributed by atoms with Crippen LogP contribution in [-0.2, 0) is 21.9 Å². The SMILES string of the molecule is O=S(OCc1ccccc1)c1ccccc1. The Morgan fingerprint density at radius 1 is 0.875 bits per heavy atom. The molecule has 2 aromatic carbocycles. The summed E-state index contributed by atoms with van der Waals surface area (Å²) in [5, 5.41) is 0. The molecular weight excluding hydrogens is 220 g/mol. The molecule has 1 atom stereocenters. The number of rotatable bonds is 4. The highest BCUT2D eigenvalue weighted by molar-refractivity contribution is 7.80. The van der Waals surface area contributed by atoms with Crippen molar-refractivity contribution in [3.8, 4) is 0 Å². The normalized spacial score (nSPS) is 12.2. The molecule has 0 saturated carbocycles. The topological polar surface area (TPSA) is 26.3 Å². The lowest BCUT2D eigenvalue weighted by Crippen LogP contribution is -1.98. The Hall–Kier alpha value is -1.45. The second kappa shape index (κ2) is 5.58. The van der Waals surface area contributed by atoms with Crippen LogP contribution in [0.25, 0.3) is 0 Å². The van der Waals surface area contributed by atoms with Gasteiger partial charge in [-0.2, -0.15) is 0 Å². The van der Waals surface area contributed by atoms with Gasteiger partial charge in [0.25, 0.3) is 0 Å². The van der Waals surface area contributed by atoms with Gasteiger partial charge in [0.2, 0.25) is 0 Å². The van der Waals surface area contributed by atoms with Crippen molar-refractivity contribution in [2.24, 2.45) is 0 Å². The van der Waals surface area contributed by atoms with Crippen LogP contribution in [0.3, 0.4) is 0 Å². The largest absolute Gasteiger partial charge is 0.282 e. The third-order valence-corrected chi connectivity index (χ3v) is 3.10. The molecule has 0 N–H and O–H groups in total. The molecule has 1 unspecified atom stereocenters. The van der Waals surface area contributed by atoms with E-state index in [-0.39, 0.29) is 0 Å². The van der Waals surface area contributed by atoms with E-state index in [1.807, 2.05) is 48.5 Å². The molecule has 0 aromatic heterocycles. The summed E-state index contributed by atoms with van der Waals surface area (Å²) >= 11 is -1.38. The second-order valence-electron chi connectivity index (χ2n) is 3.30. The Labute approximate surface area is 97.6 Å². The average Bonchev–Trinajstić information content (AvgIpc) is 2.38. The Morgan fingerprint density at radius 2 is 1.44 bits per heavy atom. The summed E-state index contributed by atoms with van der Waals surface area (Å²) in [7, 11) is 0. The van der Waals surface area contributed by atoms with Gasteiger partial charge >= 0.3 is 0 Å².